The SMILES string of the molecule is C[C@H](/C=C/CC(F)(C(F)(F)F)C(F)(F)F)[C@H]1CC[C@H]2[C@@H]3CC(=O)[C@H]4CC=CC[C@]4(C)[C@H]3CC[C@]12C. The van der Waals surface area contributed by atoms with Gasteiger partial charge in [-0.15, -0.1) is 0 Å². The van der Waals surface area contributed by atoms with Crippen LogP contribution in [-0.2, 0) is 4.79 Å². The molecule has 8 atom stereocenters. The van der Waals surface area contributed by atoms with Crippen molar-refractivity contribution < 1.29 is 35.5 Å². The van der Waals surface area contributed by atoms with Crippen molar-refractivity contribution in [3.8, 4) is 0 Å². The monoisotopic (exact) mass is 508 g/mol. The summed E-state index contributed by atoms with van der Waals surface area (Å²) in [6.07, 6.45) is -1.57. The molecule has 8 heteroatoms. The van der Waals surface area contributed by atoms with Crippen LogP contribution in [0.15, 0.2) is 24.3 Å². The van der Waals surface area contributed by atoms with Crippen molar-refractivity contribution in [1.29, 1.82) is 0 Å². The molecule has 1 nitrogen and oxygen atoms in total. The van der Waals surface area contributed by atoms with Crippen LogP contribution in [0.4, 0.5) is 30.7 Å². The van der Waals surface area contributed by atoms with Gasteiger partial charge in [0.2, 0.25) is 0 Å². The maximum atomic E-state index is 14.0. The van der Waals surface area contributed by atoms with E-state index in [1.807, 2.05) is 0 Å². The molecule has 0 aromatic carbocycles. The van der Waals surface area contributed by atoms with Crippen molar-refractivity contribution in [2.45, 2.75) is 90.2 Å². The Balaban J connectivity index is 1.51. The summed E-state index contributed by atoms with van der Waals surface area (Å²) in [6.45, 7) is 6.23. The minimum absolute atomic E-state index is 0.0423. The Hall–Kier alpha value is -1.34. The van der Waals surface area contributed by atoms with E-state index < -0.39 is 24.4 Å². The molecule has 4 aliphatic rings. The molecule has 0 aromatic heterocycles. The number of carbonyl (C=O) groups is 1. The van der Waals surface area contributed by atoms with Crippen LogP contribution in [0.3, 0.4) is 0 Å². The first-order chi connectivity index (χ1) is 16.1. The number of carbonyl (C=O) groups excluding carboxylic acids is 1. The second-order valence-electron chi connectivity index (χ2n) is 12.0. The van der Waals surface area contributed by atoms with Crippen molar-refractivity contribution in [3.05, 3.63) is 24.3 Å². The topological polar surface area (TPSA) is 17.1 Å². The smallest absolute Gasteiger partial charge is 0.299 e. The lowest BCUT2D eigenvalue weighted by molar-refractivity contribution is -0.340. The number of hydrogen-bond acceptors (Lipinski definition) is 1. The van der Waals surface area contributed by atoms with Crippen LogP contribution in [-0.4, -0.2) is 23.8 Å². The van der Waals surface area contributed by atoms with Gasteiger partial charge in [-0.1, -0.05) is 45.1 Å². The molecule has 0 saturated heterocycles. The molecule has 0 unspecified atom stereocenters. The zero-order valence-electron chi connectivity index (χ0n) is 20.5. The molecule has 0 aliphatic heterocycles. The second kappa shape index (κ2) is 8.61. The van der Waals surface area contributed by atoms with E-state index in [-0.39, 0.29) is 34.5 Å². The summed E-state index contributed by atoms with van der Waals surface area (Å²) in [4.78, 5) is 13.1. The molecule has 4 rings (SSSR count). The minimum Gasteiger partial charge on any atom is -0.299 e. The first-order valence-corrected chi connectivity index (χ1v) is 12.7. The molecular weight excluding hydrogens is 473 g/mol. The molecule has 0 aromatic rings. The van der Waals surface area contributed by atoms with Crippen molar-refractivity contribution in [3.63, 3.8) is 0 Å². The van der Waals surface area contributed by atoms with Gasteiger partial charge in [-0.05, 0) is 78.9 Å². The third kappa shape index (κ3) is 4.09. The number of fused-ring (bicyclic) bond motifs is 5. The standard InChI is InChI=1S/C27H35F7O/c1-16(7-6-13-25(28,26(29,30)31)27(32,33)34)18-9-10-19-17-15-22(35)21-8-4-5-12-23(21,2)20(17)11-14-24(18,19)3/h4-7,16-21H,8-15H2,1-3H3/b7-6+/t16-,17+,18-,19+,20+,21-,23-,24-/m1/s1. The highest BCUT2D eigenvalue weighted by Gasteiger charge is 2.71. The van der Waals surface area contributed by atoms with Crippen molar-refractivity contribution >= 4 is 5.78 Å². The predicted octanol–water partition coefficient (Wildman–Crippen LogP) is 8.41. The molecule has 0 N–H and O–H groups in total. The molecule has 0 heterocycles. The van der Waals surface area contributed by atoms with Crippen molar-refractivity contribution in [1.82, 2.24) is 0 Å². The first kappa shape index (κ1) is 26.7. The molecule has 0 radical (unpaired) electrons. The third-order valence-corrected chi connectivity index (χ3v) is 10.4. The number of rotatable bonds is 4. The van der Waals surface area contributed by atoms with Crippen LogP contribution >= 0.6 is 0 Å². The molecule has 0 bridgehead atoms. The van der Waals surface area contributed by atoms with Crippen LogP contribution in [0.1, 0.15) is 72.1 Å². The van der Waals surface area contributed by atoms with Gasteiger partial charge in [0.25, 0.3) is 0 Å². The number of halogens is 7. The molecule has 35 heavy (non-hydrogen) atoms. The average molecular weight is 509 g/mol. The van der Waals surface area contributed by atoms with Crippen molar-refractivity contribution in [2.75, 3.05) is 0 Å². The minimum atomic E-state index is -6.03. The maximum absolute atomic E-state index is 14.0. The summed E-state index contributed by atoms with van der Waals surface area (Å²) in [5, 5.41) is 0. The molecule has 0 amide bonds. The van der Waals surface area contributed by atoms with E-state index in [0.717, 1.165) is 44.6 Å². The van der Waals surface area contributed by atoms with Crippen LogP contribution in [0.5, 0.6) is 0 Å². The third-order valence-electron chi connectivity index (χ3n) is 10.4. The summed E-state index contributed by atoms with van der Waals surface area (Å²) < 4.78 is 91.3. The van der Waals surface area contributed by atoms with Crippen LogP contribution in [0.2, 0.25) is 0 Å². The van der Waals surface area contributed by atoms with E-state index in [0.29, 0.717) is 24.0 Å². The van der Waals surface area contributed by atoms with Gasteiger partial charge in [-0.2, -0.15) is 26.3 Å². The number of allylic oxidation sites excluding steroid dienone is 4. The molecule has 198 valence electrons. The van der Waals surface area contributed by atoms with Gasteiger partial charge in [0, 0.05) is 18.8 Å². The lowest BCUT2D eigenvalue weighted by Crippen LogP contribution is -2.55. The molecule has 3 saturated carbocycles. The Labute approximate surface area is 202 Å². The first-order valence-electron chi connectivity index (χ1n) is 12.7. The normalized spacial score (nSPS) is 41.0. The van der Waals surface area contributed by atoms with E-state index in [2.05, 4.69) is 26.0 Å². The van der Waals surface area contributed by atoms with E-state index >= 15 is 0 Å². The van der Waals surface area contributed by atoms with E-state index in [9.17, 15) is 35.5 Å². The summed E-state index contributed by atoms with van der Waals surface area (Å²) in [6, 6.07) is 0. The van der Waals surface area contributed by atoms with Crippen LogP contribution < -0.4 is 0 Å². The quantitative estimate of drug-likeness (QED) is 0.275. The fourth-order valence-corrected chi connectivity index (χ4v) is 8.53. The zero-order chi connectivity index (χ0) is 26.0. The summed E-state index contributed by atoms with van der Waals surface area (Å²) in [5.41, 5.74) is -5.43. The van der Waals surface area contributed by atoms with Gasteiger partial charge in [-0.25, -0.2) is 4.39 Å². The lowest BCUT2D eigenvalue weighted by atomic mass is 9.45. The van der Waals surface area contributed by atoms with E-state index in [4.69, 9.17) is 0 Å². The predicted molar refractivity (Wildman–Crippen MR) is 119 cm³/mol. The van der Waals surface area contributed by atoms with Gasteiger partial charge in [0.15, 0.2) is 0 Å². The second-order valence-corrected chi connectivity index (χ2v) is 12.0. The highest BCUT2D eigenvalue weighted by atomic mass is 19.4. The number of ketones is 1. The van der Waals surface area contributed by atoms with Crippen LogP contribution in [0, 0.1) is 46.3 Å². The highest BCUT2D eigenvalue weighted by molar-refractivity contribution is 5.83. The Morgan fingerprint density at radius 1 is 0.971 bits per heavy atom. The Morgan fingerprint density at radius 3 is 2.23 bits per heavy atom. The van der Waals surface area contributed by atoms with E-state index in [1.54, 1.807) is 6.92 Å². The van der Waals surface area contributed by atoms with Gasteiger partial charge < -0.3 is 0 Å². The van der Waals surface area contributed by atoms with Gasteiger partial charge in [-0.3, -0.25) is 4.79 Å². The summed E-state index contributed by atoms with van der Waals surface area (Å²) in [7, 11) is 0. The van der Waals surface area contributed by atoms with Gasteiger partial charge >= 0.3 is 18.0 Å². The maximum Gasteiger partial charge on any atom is 0.431 e. The van der Waals surface area contributed by atoms with Crippen LogP contribution in [0.25, 0.3) is 0 Å². The molecule has 3 fully saturated rings. The fourth-order valence-electron chi connectivity index (χ4n) is 8.53. The summed E-state index contributed by atoms with van der Waals surface area (Å²) in [5.74, 6) is 1.21. The zero-order valence-corrected chi connectivity index (χ0v) is 20.5. The van der Waals surface area contributed by atoms with Crippen molar-refractivity contribution in [2.24, 2.45) is 46.3 Å². The largest absolute Gasteiger partial charge is 0.431 e. The van der Waals surface area contributed by atoms with Gasteiger partial charge in [0.1, 0.15) is 5.78 Å². The van der Waals surface area contributed by atoms with Gasteiger partial charge in [0.05, 0.1) is 0 Å². The summed E-state index contributed by atoms with van der Waals surface area (Å²) >= 11 is 0. The molecular formula is C27H35F7O. The lowest BCUT2D eigenvalue weighted by Gasteiger charge is -2.59. The Kier molecular flexibility index (Phi) is 6.57. The Morgan fingerprint density at radius 2 is 1.60 bits per heavy atom. The van der Waals surface area contributed by atoms with E-state index in [1.165, 1.54) is 6.08 Å². The molecule has 0 spiro atoms. The highest BCUT2D eigenvalue weighted by Crippen LogP contribution is 2.67. The number of alkyl halides is 7. The number of hydrogen-bond donors (Lipinski definition) is 0. The average Bonchev–Trinajstić information content (AvgIpc) is 3.09. The number of Topliss-reactive ketones (excluding diaryl/α,β-unsaturated/α-hetero) is 1. The fraction of sp³-hybridized carbons (Fsp3) is 0.815. The molecule has 4 aliphatic carbocycles. The Bertz CT molecular complexity index is 873.